The Morgan fingerprint density at radius 3 is 0.625 bits per heavy atom. The highest BCUT2D eigenvalue weighted by atomic mass is 15.3. The van der Waals surface area contributed by atoms with E-state index in [-0.39, 0.29) is 0 Å². The molecule has 0 aromatic carbocycles. The zero-order valence-electron chi connectivity index (χ0n) is 30.8. The fourth-order valence-electron chi connectivity index (χ4n) is 21.6. The smallest absolute Gasteiger partial charge is 0.0226 e. The zero-order chi connectivity index (χ0) is 31.0. The molecule has 0 aromatic heterocycles. The fourth-order valence-corrected chi connectivity index (χ4v) is 21.6. The molecule has 0 amide bonds. The van der Waals surface area contributed by atoms with Crippen LogP contribution in [0.2, 0.25) is 0 Å². The van der Waals surface area contributed by atoms with Crippen LogP contribution >= 0.6 is 0 Å². The van der Waals surface area contributed by atoms with E-state index in [9.17, 15) is 0 Å². The lowest BCUT2D eigenvalue weighted by Gasteiger charge is -2.72. The van der Waals surface area contributed by atoms with Crippen LogP contribution in [0, 0.1) is 71.0 Å². The van der Waals surface area contributed by atoms with Crippen LogP contribution in [0.3, 0.4) is 0 Å². The Kier molecular flexibility index (Phi) is 6.07. The second-order valence-electron chi connectivity index (χ2n) is 23.8. The van der Waals surface area contributed by atoms with Crippen molar-refractivity contribution in [1.82, 2.24) is 9.80 Å². The Hall–Kier alpha value is -0.0800. The van der Waals surface area contributed by atoms with Gasteiger partial charge in [-0.2, -0.15) is 0 Å². The van der Waals surface area contributed by atoms with Gasteiger partial charge in [0, 0.05) is 34.2 Å². The summed E-state index contributed by atoms with van der Waals surface area (Å²) in [5, 5.41) is 0. The summed E-state index contributed by atoms with van der Waals surface area (Å²) in [6, 6.07) is 1.81. The van der Waals surface area contributed by atoms with Crippen molar-refractivity contribution in [3.05, 3.63) is 0 Å². The molecule has 0 aromatic rings. The Morgan fingerprint density at radius 1 is 0.250 bits per heavy atom. The molecule has 16 bridgehead atoms. The van der Waals surface area contributed by atoms with Crippen molar-refractivity contribution in [3.63, 3.8) is 0 Å². The molecule has 0 N–H and O–H groups in total. The molecule has 264 valence electrons. The zero-order valence-corrected chi connectivity index (χ0v) is 30.8. The summed E-state index contributed by atoms with van der Waals surface area (Å²) in [5.41, 5.74) is 2.39. The molecule has 17 rings (SSSR count). The van der Waals surface area contributed by atoms with E-state index >= 15 is 0 Å². The van der Waals surface area contributed by atoms with Gasteiger partial charge in [0.2, 0.25) is 0 Å². The number of nitrogens with zero attached hydrogens (tertiary/aromatic N) is 2. The number of hydrogen-bond donors (Lipinski definition) is 0. The standard InChI is InChI=1S/C46H70N2/c1-2-41(47(43-17-29-4-30(18-43)6-31(5-29)19-43)44-20-32-7-33(21-44)9-34(8-32)22-44)16-42(3-1)48(45-23-35-10-36(24-45)12-37(11-35)25-45)46-26-38-13-39(27-46)15-40(14-38)28-46/h29-42H,1-28H2. The highest BCUT2D eigenvalue weighted by molar-refractivity contribution is 5.20. The molecule has 2 heteroatoms. The SMILES string of the molecule is C1CC(N(C23CC4CC(CC(C4)C2)C3)C23CC4CC(CC(C4)C2)C3)CC(N(C23CC4CC(CC(C4)C2)C3)C23CC4CC(CC(C4)C2)C3)C1. The van der Waals surface area contributed by atoms with Crippen molar-refractivity contribution in [2.24, 2.45) is 71.0 Å². The highest BCUT2D eigenvalue weighted by Crippen LogP contribution is 2.68. The molecule has 0 spiro atoms. The third kappa shape index (κ3) is 4.12. The van der Waals surface area contributed by atoms with Gasteiger partial charge in [-0.25, -0.2) is 0 Å². The Balaban J connectivity index is 0.912. The summed E-state index contributed by atoms with van der Waals surface area (Å²) in [5.74, 6) is 13.0. The van der Waals surface area contributed by atoms with Crippen LogP contribution in [-0.4, -0.2) is 44.0 Å². The van der Waals surface area contributed by atoms with Crippen molar-refractivity contribution < 1.29 is 0 Å². The molecule has 2 atom stereocenters. The lowest BCUT2D eigenvalue weighted by molar-refractivity contribution is -0.218. The molecule has 0 radical (unpaired) electrons. The second kappa shape index (κ2) is 9.91. The van der Waals surface area contributed by atoms with Gasteiger partial charge < -0.3 is 0 Å². The lowest BCUT2D eigenvalue weighted by atomic mass is 9.47. The summed E-state index contributed by atoms with van der Waals surface area (Å²) in [7, 11) is 0. The Morgan fingerprint density at radius 2 is 0.438 bits per heavy atom. The van der Waals surface area contributed by atoms with Crippen molar-refractivity contribution in [2.45, 2.75) is 214 Å². The molecule has 17 fully saturated rings. The summed E-state index contributed by atoms with van der Waals surface area (Å²) in [6.45, 7) is 0. The normalized spacial score (nSPS) is 62.6. The molecule has 0 aliphatic heterocycles. The maximum Gasteiger partial charge on any atom is 0.0226 e. The first-order valence-corrected chi connectivity index (χ1v) is 23.0. The highest BCUT2D eigenvalue weighted by Gasteiger charge is 2.66. The number of hydrogen-bond acceptors (Lipinski definition) is 2. The summed E-state index contributed by atoms with van der Waals surface area (Å²) >= 11 is 0. The molecule has 0 saturated heterocycles. The van der Waals surface area contributed by atoms with E-state index in [1.165, 1.54) is 0 Å². The largest absolute Gasteiger partial charge is 0.289 e. The van der Waals surface area contributed by atoms with Gasteiger partial charge in [-0.15, -0.1) is 0 Å². The minimum absolute atomic E-state index is 0.596. The van der Waals surface area contributed by atoms with Gasteiger partial charge in [-0.05, 0) is 244 Å². The molecule has 17 aliphatic carbocycles. The molecule has 2 unspecified atom stereocenters. The van der Waals surface area contributed by atoms with E-state index in [4.69, 9.17) is 0 Å². The van der Waals surface area contributed by atoms with E-state index in [0.717, 1.165) is 83.1 Å². The van der Waals surface area contributed by atoms with Crippen molar-refractivity contribution in [1.29, 1.82) is 0 Å². The van der Waals surface area contributed by atoms with Gasteiger partial charge in [0.25, 0.3) is 0 Å². The molecule has 0 heterocycles. The van der Waals surface area contributed by atoms with Gasteiger partial charge in [0.1, 0.15) is 0 Å². The van der Waals surface area contributed by atoms with Crippen LogP contribution in [0.5, 0.6) is 0 Å². The van der Waals surface area contributed by atoms with Gasteiger partial charge in [-0.3, -0.25) is 9.80 Å². The maximum atomic E-state index is 3.65. The third-order valence-electron chi connectivity index (χ3n) is 20.4. The molecule has 17 saturated carbocycles. The Bertz CT molecular complexity index is 998. The molecule has 2 nitrogen and oxygen atoms in total. The predicted molar refractivity (Wildman–Crippen MR) is 193 cm³/mol. The van der Waals surface area contributed by atoms with Crippen LogP contribution in [0.15, 0.2) is 0 Å². The summed E-state index contributed by atoms with van der Waals surface area (Å²) in [4.78, 5) is 7.30. The number of rotatable bonds is 6. The van der Waals surface area contributed by atoms with E-state index in [0.29, 0.717) is 22.2 Å². The van der Waals surface area contributed by atoms with Crippen LogP contribution in [-0.2, 0) is 0 Å². The van der Waals surface area contributed by atoms with Gasteiger partial charge in [0.15, 0.2) is 0 Å². The minimum Gasteiger partial charge on any atom is -0.289 e. The van der Waals surface area contributed by atoms with Crippen LogP contribution in [0.4, 0.5) is 0 Å². The quantitative estimate of drug-likeness (QED) is 0.282. The second-order valence-corrected chi connectivity index (χ2v) is 23.8. The van der Waals surface area contributed by atoms with Crippen molar-refractivity contribution in [2.75, 3.05) is 0 Å². The lowest BCUT2D eigenvalue weighted by Crippen LogP contribution is -2.75. The monoisotopic (exact) mass is 651 g/mol. The van der Waals surface area contributed by atoms with E-state index < -0.39 is 0 Å². The molecule has 17 aliphatic rings. The third-order valence-corrected chi connectivity index (χ3v) is 20.4. The van der Waals surface area contributed by atoms with Gasteiger partial charge in [-0.1, -0.05) is 6.42 Å². The minimum atomic E-state index is 0.596. The van der Waals surface area contributed by atoms with Crippen molar-refractivity contribution in [3.8, 4) is 0 Å². The molecule has 48 heavy (non-hydrogen) atoms. The summed E-state index contributed by atoms with van der Waals surface area (Å²) in [6.07, 6.45) is 45.1. The molecular formula is C46H70N2. The first-order valence-electron chi connectivity index (χ1n) is 23.0. The summed E-state index contributed by atoms with van der Waals surface area (Å²) < 4.78 is 0. The van der Waals surface area contributed by atoms with Crippen LogP contribution in [0.1, 0.15) is 180 Å². The average molecular weight is 651 g/mol. The van der Waals surface area contributed by atoms with Crippen LogP contribution in [0.25, 0.3) is 0 Å². The molecular weight excluding hydrogens is 581 g/mol. The Labute approximate surface area is 294 Å². The maximum absolute atomic E-state index is 3.65. The average Bonchev–Trinajstić information content (AvgIpc) is 2.98. The van der Waals surface area contributed by atoms with Crippen LogP contribution < -0.4 is 0 Å². The van der Waals surface area contributed by atoms with Gasteiger partial charge >= 0.3 is 0 Å². The van der Waals surface area contributed by atoms with Gasteiger partial charge in [0.05, 0.1) is 0 Å². The van der Waals surface area contributed by atoms with E-state index in [1.807, 2.05) is 0 Å². The predicted octanol–water partition coefficient (Wildman–Crippen LogP) is 10.8. The fraction of sp³-hybridized carbons (Fsp3) is 1.00. The first kappa shape index (κ1) is 29.4. The van der Waals surface area contributed by atoms with E-state index in [2.05, 4.69) is 9.80 Å². The van der Waals surface area contributed by atoms with Crippen molar-refractivity contribution >= 4 is 0 Å². The van der Waals surface area contributed by atoms with E-state index in [1.54, 1.807) is 180 Å². The topological polar surface area (TPSA) is 6.48 Å². The first-order chi connectivity index (χ1) is 23.4.